The van der Waals surface area contributed by atoms with Gasteiger partial charge in [-0.25, -0.2) is 4.79 Å². The smallest absolute Gasteiger partial charge is 0.410 e. The van der Waals surface area contributed by atoms with Crippen molar-refractivity contribution in [1.29, 1.82) is 0 Å². The van der Waals surface area contributed by atoms with Crippen LogP contribution >= 0.6 is 11.6 Å². The normalized spacial score (nSPS) is 17.1. The first-order valence-electron chi connectivity index (χ1n) is 9.54. The largest absolute Gasteiger partial charge is 0.487 e. The summed E-state index contributed by atoms with van der Waals surface area (Å²) in [4.78, 5) is 14.3. The van der Waals surface area contributed by atoms with Gasteiger partial charge in [0.15, 0.2) is 0 Å². The van der Waals surface area contributed by atoms with Gasteiger partial charge in [0.1, 0.15) is 28.8 Å². The molecule has 1 amide bonds. The molecule has 1 aromatic carbocycles. The van der Waals surface area contributed by atoms with Crippen molar-refractivity contribution in [1.82, 2.24) is 14.7 Å². The Morgan fingerprint density at radius 3 is 2.71 bits per heavy atom. The highest BCUT2D eigenvalue weighted by Gasteiger charge is 2.27. The van der Waals surface area contributed by atoms with Gasteiger partial charge in [0.25, 0.3) is 0 Å². The van der Waals surface area contributed by atoms with E-state index in [1.54, 1.807) is 22.7 Å². The summed E-state index contributed by atoms with van der Waals surface area (Å²) in [6.07, 6.45) is 0.547. The van der Waals surface area contributed by atoms with Gasteiger partial charge >= 0.3 is 6.09 Å². The number of hydrogen-bond donors (Lipinski definition) is 0. The van der Waals surface area contributed by atoms with Gasteiger partial charge in [0.05, 0.1) is 0 Å². The van der Waals surface area contributed by atoms with Gasteiger partial charge in [-0.1, -0.05) is 24.6 Å². The molecule has 1 aliphatic heterocycles. The second kappa shape index (κ2) is 8.03. The number of hydrogen-bond acceptors (Lipinski definition) is 4. The zero-order valence-electron chi connectivity index (χ0n) is 17.2. The van der Waals surface area contributed by atoms with Crippen LogP contribution in [-0.4, -0.2) is 39.5 Å². The Kier molecular flexibility index (Phi) is 5.89. The van der Waals surface area contributed by atoms with Crippen molar-refractivity contribution in [2.24, 2.45) is 7.05 Å². The topological polar surface area (TPSA) is 56.6 Å². The number of halogens is 1. The molecule has 1 aliphatic rings. The molecule has 0 spiro atoms. The summed E-state index contributed by atoms with van der Waals surface area (Å²) in [7, 11) is 1.80. The summed E-state index contributed by atoms with van der Waals surface area (Å²) in [5.74, 6) is 0.982. The first-order valence-corrected chi connectivity index (χ1v) is 9.92. The molecule has 2 heterocycles. The molecule has 0 saturated heterocycles. The van der Waals surface area contributed by atoms with E-state index in [1.165, 1.54) is 11.1 Å². The molecule has 2 aromatic rings. The summed E-state index contributed by atoms with van der Waals surface area (Å²) in [6.45, 7) is 9.43. The zero-order valence-corrected chi connectivity index (χ0v) is 17.9. The lowest BCUT2D eigenvalue weighted by atomic mass is 9.95. The molecular weight excluding hydrogens is 378 g/mol. The number of carbonyl (C=O) groups is 1. The van der Waals surface area contributed by atoms with Crippen LogP contribution in [0.25, 0.3) is 0 Å². The second-order valence-electron chi connectivity index (χ2n) is 8.31. The van der Waals surface area contributed by atoms with Crippen LogP contribution in [0, 0.1) is 0 Å². The molecule has 0 bridgehead atoms. The Hall–Kier alpha value is -2.21. The summed E-state index contributed by atoms with van der Waals surface area (Å²) >= 11 is 6.02. The zero-order chi connectivity index (χ0) is 20.5. The van der Waals surface area contributed by atoms with Crippen molar-refractivity contribution < 1.29 is 14.3 Å². The standard InChI is InChI=1S/C21H28ClN3O3/c1-14-12-25(20(26)28-21(2,3)4)9-8-15-6-7-17(11-18(14)15)27-13-16-10-19(22)24(5)23-16/h6-7,10-11,14H,8-9,12-13H2,1-5H3. The fourth-order valence-corrected chi connectivity index (χ4v) is 3.51. The quantitative estimate of drug-likeness (QED) is 0.751. The van der Waals surface area contributed by atoms with Gasteiger partial charge in [-0.2, -0.15) is 5.10 Å². The third-order valence-corrected chi connectivity index (χ3v) is 5.06. The van der Waals surface area contributed by atoms with Crippen LogP contribution in [0.15, 0.2) is 24.3 Å². The van der Waals surface area contributed by atoms with Gasteiger partial charge in [0, 0.05) is 26.2 Å². The van der Waals surface area contributed by atoms with E-state index in [1.807, 2.05) is 26.8 Å². The Morgan fingerprint density at radius 2 is 2.07 bits per heavy atom. The average Bonchev–Trinajstić information content (AvgIpc) is 2.82. The van der Waals surface area contributed by atoms with Crippen molar-refractivity contribution in [3.8, 4) is 5.75 Å². The van der Waals surface area contributed by atoms with E-state index in [2.05, 4.69) is 24.2 Å². The van der Waals surface area contributed by atoms with Crippen molar-refractivity contribution in [2.75, 3.05) is 13.1 Å². The predicted octanol–water partition coefficient (Wildman–Crippen LogP) is 4.55. The highest BCUT2D eigenvalue weighted by molar-refractivity contribution is 6.29. The Labute approximate surface area is 171 Å². The summed E-state index contributed by atoms with van der Waals surface area (Å²) in [5, 5.41) is 4.88. The van der Waals surface area contributed by atoms with E-state index < -0.39 is 5.60 Å². The summed E-state index contributed by atoms with van der Waals surface area (Å²) in [6, 6.07) is 7.93. The molecule has 3 rings (SSSR count). The Bertz CT molecular complexity index is 838. The van der Waals surface area contributed by atoms with Crippen LogP contribution in [0.3, 0.4) is 0 Å². The lowest BCUT2D eigenvalue weighted by Gasteiger charge is -2.27. The number of benzene rings is 1. The van der Waals surface area contributed by atoms with Crippen molar-refractivity contribution in [3.63, 3.8) is 0 Å². The molecule has 1 unspecified atom stereocenters. The molecule has 152 valence electrons. The van der Waals surface area contributed by atoms with Crippen LogP contribution in [0.2, 0.25) is 5.15 Å². The fourth-order valence-electron chi connectivity index (χ4n) is 3.35. The van der Waals surface area contributed by atoms with Gasteiger partial charge in [0.2, 0.25) is 0 Å². The van der Waals surface area contributed by atoms with E-state index >= 15 is 0 Å². The van der Waals surface area contributed by atoms with Crippen LogP contribution in [-0.2, 0) is 24.8 Å². The fraction of sp³-hybridized carbons (Fsp3) is 0.524. The number of ether oxygens (including phenoxy) is 2. The molecule has 0 radical (unpaired) electrons. The second-order valence-corrected chi connectivity index (χ2v) is 8.70. The van der Waals surface area contributed by atoms with Gasteiger partial charge < -0.3 is 14.4 Å². The molecule has 28 heavy (non-hydrogen) atoms. The minimum Gasteiger partial charge on any atom is -0.487 e. The molecule has 0 N–H and O–H groups in total. The lowest BCUT2D eigenvalue weighted by molar-refractivity contribution is 0.0248. The van der Waals surface area contributed by atoms with Crippen molar-refractivity contribution in [3.05, 3.63) is 46.2 Å². The van der Waals surface area contributed by atoms with Crippen LogP contribution in [0.1, 0.15) is 50.4 Å². The van der Waals surface area contributed by atoms with E-state index in [4.69, 9.17) is 21.1 Å². The third kappa shape index (κ3) is 4.98. The van der Waals surface area contributed by atoms with Crippen molar-refractivity contribution in [2.45, 2.75) is 52.2 Å². The van der Waals surface area contributed by atoms with Crippen LogP contribution in [0.5, 0.6) is 5.75 Å². The van der Waals surface area contributed by atoms with E-state index in [0.29, 0.717) is 24.8 Å². The van der Waals surface area contributed by atoms with Gasteiger partial charge in [-0.05, 0) is 56.4 Å². The first kappa shape index (κ1) is 20.5. The number of aryl methyl sites for hydroxylation is 1. The highest BCUT2D eigenvalue weighted by atomic mass is 35.5. The molecule has 1 aromatic heterocycles. The molecule has 0 aliphatic carbocycles. The number of amides is 1. The SMILES string of the molecule is CC1CN(C(=O)OC(C)(C)C)CCc2ccc(OCc3cc(Cl)n(C)n3)cc21. The monoisotopic (exact) mass is 405 g/mol. The predicted molar refractivity (Wildman–Crippen MR) is 109 cm³/mol. The molecule has 7 heteroatoms. The number of carbonyl (C=O) groups excluding carboxylic acids is 1. The maximum absolute atomic E-state index is 12.5. The van der Waals surface area contributed by atoms with Gasteiger partial charge in [-0.15, -0.1) is 0 Å². The molecule has 6 nitrogen and oxygen atoms in total. The molecular formula is C21H28ClN3O3. The summed E-state index contributed by atoms with van der Waals surface area (Å²) in [5.41, 5.74) is 2.75. The van der Waals surface area contributed by atoms with Gasteiger partial charge in [-0.3, -0.25) is 4.68 Å². The maximum Gasteiger partial charge on any atom is 0.410 e. The number of fused-ring (bicyclic) bond motifs is 1. The minimum absolute atomic E-state index is 0.192. The van der Waals surface area contributed by atoms with Crippen LogP contribution < -0.4 is 4.74 Å². The number of nitrogens with zero attached hydrogens (tertiary/aromatic N) is 3. The number of rotatable bonds is 3. The lowest BCUT2D eigenvalue weighted by Crippen LogP contribution is -2.38. The minimum atomic E-state index is -0.491. The van der Waals surface area contributed by atoms with Crippen molar-refractivity contribution >= 4 is 17.7 Å². The number of aromatic nitrogens is 2. The molecule has 1 atom stereocenters. The van der Waals surface area contributed by atoms with Crippen LogP contribution in [0.4, 0.5) is 4.79 Å². The first-order chi connectivity index (χ1) is 13.1. The summed E-state index contributed by atoms with van der Waals surface area (Å²) < 4.78 is 13.1. The Morgan fingerprint density at radius 1 is 1.32 bits per heavy atom. The average molecular weight is 406 g/mol. The van der Waals surface area contributed by atoms with E-state index in [0.717, 1.165) is 17.9 Å². The highest BCUT2D eigenvalue weighted by Crippen LogP contribution is 2.30. The van der Waals surface area contributed by atoms with E-state index in [-0.39, 0.29) is 12.0 Å². The van der Waals surface area contributed by atoms with E-state index in [9.17, 15) is 4.79 Å². The Balaban J connectivity index is 1.69. The molecule has 0 saturated carbocycles. The third-order valence-electron chi connectivity index (χ3n) is 4.71. The molecule has 0 fully saturated rings. The maximum atomic E-state index is 12.5.